The fourth-order valence-electron chi connectivity index (χ4n) is 5.61. The largest absolute Gasteiger partial charge is 0.496 e. The van der Waals surface area contributed by atoms with Crippen LogP contribution in [0, 0.1) is 0 Å². The highest BCUT2D eigenvalue weighted by Gasteiger charge is 2.35. The predicted octanol–water partition coefficient (Wildman–Crippen LogP) is 4.06. The number of hydrogen-bond donors (Lipinski definition) is 1. The van der Waals surface area contributed by atoms with Gasteiger partial charge in [-0.15, -0.1) is 0 Å². The lowest BCUT2D eigenvalue weighted by Gasteiger charge is -2.42. The molecule has 2 amide bonds. The van der Waals surface area contributed by atoms with E-state index in [9.17, 15) is 9.59 Å². The van der Waals surface area contributed by atoms with Gasteiger partial charge in [-0.05, 0) is 60.2 Å². The van der Waals surface area contributed by atoms with E-state index in [-0.39, 0.29) is 23.9 Å². The average molecular weight is 499 g/mol. The maximum atomic E-state index is 13.5. The van der Waals surface area contributed by atoms with Gasteiger partial charge in [0.1, 0.15) is 5.75 Å². The van der Waals surface area contributed by atoms with E-state index in [1.807, 2.05) is 42.3 Å². The molecule has 0 bridgehead atoms. The van der Waals surface area contributed by atoms with Crippen molar-refractivity contribution in [1.82, 2.24) is 15.2 Å². The minimum Gasteiger partial charge on any atom is -0.496 e. The summed E-state index contributed by atoms with van der Waals surface area (Å²) in [4.78, 5) is 33.7. The van der Waals surface area contributed by atoms with Crippen LogP contribution < -0.4 is 15.0 Å². The van der Waals surface area contributed by atoms with Crippen molar-refractivity contribution in [3.63, 3.8) is 0 Å². The Kier molecular flexibility index (Phi) is 7.51. The summed E-state index contributed by atoms with van der Waals surface area (Å²) in [6.45, 7) is 1.32. The molecule has 1 saturated heterocycles. The number of amides is 2. The van der Waals surface area contributed by atoms with E-state index in [2.05, 4.69) is 34.6 Å². The van der Waals surface area contributed by atoms with Crippen molar-refractivity contribution < 1.29 is 14.3 Å². The second-order valence-corrected chi connectivity index (χ2v) is 9.85. The third-order valence-electron chi connectivity index (χ3n) is 7.58. The number of carbonyl (C=O) groups excluding carboxylic acids is 2. The summed E-state index contributed by atoms with van der Waals surface area (Å²) in [6.07, 6.45) is 6.97. The Morgan fingerprint density at radius 1 is 1.11 bits per heavy atom. The molecule has 0 spiro atoms. The molecule has 2 aromatic carbocycles. The van der Waals surface area contributed by atoms with Crippen LogP contribution >= 0.6 is 0 Å². The Labute approximate surface area is 218 Å². The molecule has 5 rings (SSSR count). The number of nitrogens with zero attached hydrogens (tertiary/aromatic N) is 3. The van der Waals surface area contributed by atoms with E-state index in [0.717, 1.165) is 59.5 Å². The first kappa shape index (κ1) is 25.0. The van der Waals surface area contributed by atoms with Gasteiger partial charge in [0.05, 0.1) is 19.6 Å². The summed E-state index contributed by atoms with van der Waals surface area (Å²) in [5.74, 6) is 1.08. The molecule has 7 heteroatoms. The van der Waals surface area contributed by atoms with Crippen LogP contribution in [0.15, 0.2) is 67.0 Å². The molecule has 37 heavy (non-hydrogen) atoms. The van der Waals surface area contributed by atoms with Gasteiger partial charge in [-0.2, -0.15) is 0 Å². The minimum atomic E-state index is -0.0721. The molecule has 1 fully saturated rings. The van der Waals surface area contributed by atoms with E-state index >= 15 is 0 Å². The van der Waals surface area contributed by atoms with Gasteiger partial charge >= 0.3 is 0 Å². The number of likely N-dealkylation sites (tertiary alicyclic amines) is 1. The quantitative estimate of drug-likeness (QED) is 0.532. The predicted molar refractivity (Wildman–Crippen MR) is 143 cm³/mol. The molecule has 7 nitrogen and oxygen atoms in total. The summed E-state index contributed by atoms with van der Waals surface area (Å²) >= 11 is 0. The number of piperidine rings is 1. The average Bonchev–Trinajstić information content (AvgIpc) is 2.94. The minimum absolute atomic E-state index is 0.0721. The standard InChI is InChI=1S/C30H34N4O3/c1-33-26-18-24(27(37-2)19-23(26)10-11-28(33)35)20-32-25-9-6-16-34(30(25)22-7-4-3-5-8-22)29(36)17-21-12-14-31-15-13-21/h3-5,7-8,12-15,18-19,25,30,32H,6,9-11,16-17,20H2,1-2H3/t25-,30-/m0/s1. The molecule has 0 radical (unpaired) electrons. The zero-order valence-corrected chi connectivity index (χ0v) is 21.5. The SMILES string of the molecule is COc1cc2c(cc1CN[C@H]1CCCN(C(=O)Cc3ccncc3)[C@H]1c1ccccc1)N(C)C(=O)CC2. The Morgan fingerprint density at radius 3 is 2.65 bits per heavy atom. The summed E-state index contributed by atoms with van der Waals surface area (Å²) in [5, 5.41) is 3.76. The lowest BCUT2D eigenvalue weighted by Crippen LogP contribution is -2.50. The number of anilines is 1. The number of ether oxygens (including phenoxy) is 1. The first-order chi connectivity index (χ1) is 18.0. The molecular formula is C30H34N4O3. The number of nitrogens with one attached hydrogen (secondary N) is 1. The van der Waals surface area contributed by atoms with E-state index < -0.39 is 0 Å². The topological polar surface area (TPSA) is 74.8 Å². The van der Waals surface area contributed by atoms with E-state index in [4.69, 9.17) is 4.74 Å². The maximum absolute atomic E-state index is 13.5. The maximum Gasteiger partial charge on any atom is 0.227 e. The lowest BCUT2D eigenvalue weighted by atomic mass is 9.89. The molecule has 192 valence electrons. The first-order valence-corrected chi connectivity index (χ1v) is 13.0. The molecule has 1 N–H and O–H groups in total. The zero-order chi connectivity index (χ0) is 25.8. The number of carbonyl (C=O) groups is 2. The van der Waals surface area contributed by atoms with Crippen LogP contribution in [-0.2, 0) is 29.0 Å². The zero-order valence-electron chi connectivity index (χ0n) is 21.5. The van der Waals surface area contributed by atoms with Crippen LogP contribution in [0.5, 0.6) is 5.75 Å². The number of hydrogen-bond acceptors (Lipinski definition) is 5. The molecule has 3 aromatic rings. The lowest BCUT2D eigenvalue weighted by molar-refractivity contribution is -0.135. The summed E-state index contributed by atoms with van der Waals surface area (Å²) in [6, 6.07) is 18.2. The Balaban J connectivity index is 1.40. The molecule has 2 atom stereocenters. The van der Waals surface area contributed by atoms with Crippen molar-refractivity contribution in [3.05, 3.63) is 89.2 Å². The summed E-state index contributed by atoms with van der Waals surface area (Å²) in [5.41, 5.74) is 5.20. The fraction of sp³-hybridized carbons (Fsp3) is 0.367. The Morgan fingerprint density at radius 2 is 1.89 bits per heavy atom. The van der Waals surface area contributed by atoms with Crippen LogP contribution in [0.3, 0.4) is 0 Å². The van der Waals surface area contributed by atoms with Gasteiger partial charge in [-0.1, -0.05) is 30.3 Å². The molecule has 0 unspecified atom stereocenters. The van der Waals surface area contributed by atoms with E-state index in [1.165, 1.54) is 0 Å². The normalized spacial score (nSPS) is 19.5. The molecular weight excluding hydrogens is 464 g/mol. The van der Waals surface area contributed by atoms with Gasteiger partial charge in [0.15, 0.2) is 0 Å². The molecule has 2 aliphatic rings. The Bertz CT molecular complexity index is 1250. The first-order valence-electron chi connectivity index (χ1n) is 13.0. The number of methoxy groups -OCH3 is 1. The molecule has 0 aliphatic carbocycles. The van der Waals surface area contributed by atoms with E-state index in [1.54, 1.807) is 24.4 Å². The van der Waals surface area contributed by atoms with Crippen LogP contribution in [0.1, 0.15) is 47.6 Å². The van der Waals surface area contributed by atoms with Crippen molar-refractivity contribution in [3.8, 4) is 5.75 Å². The number of aryl methyl sites for hydroxylation is 1. The number of rotatable bonds is 7. The monoisotopic (exact) mass is 498 g/mol. The van der Waals surface area contributed by atoms with Crippen molar-refractivity contribution >= 4 is 17.5 Å². The summed E-state index contributed by atoms with van der Waals surface area (Å²) in [7, 11) is 3.53. The third kappa shape index (κ3) is 5.37. The highest BCUT2D eigenvalue weighted by molar-refractivity contribution is 5.96. The van der Waals surface area contributed by atoms with Crippen molar-refractivity contribution in [1.29, 1.82) is 0 Å². The van der Waals surface area contributed by atoms with Gasteiger partial charge < -0.3 is 19.9 Å². The highest BCUT2D eigenvalue weighted by atomic mass is 16.5. The second-order valence-electron chi connectivity index (χ2n) is 9.85. The van der Waals surface area contributed by atoms with Crippen LogP contribution in [0.2, 0.25) is 0 Å². The molecule has 2 aliphatic heterocycles. The third-order valence-corrected chi connectivity index (χ3v) is 7.58. The van der Waals surface area contributed by atoms with Gasteiger partial charge in [0, 0.05) is 56.2 Å². The second kappa shape index (κ2) is 11.1. The number of aromatic nitrogens is 1. The van der Waals surface area contributed by atoms with Crippen molar-refractivity contribution in [2.24, 2.45) is 0 Å². The van der Waals surface area contributed by atoms with Crippen LogP contribution in [0.4, 0.5) is 5.69 Å². The van der Waals surface area contributed by atoms with E-state index in [0.29, 0.717) is 19.4 Å². The van der Waals surface area contributed by atoms with Crippen molar-refractivity contribution in [2.75, 3.05) is 25.6 Å². The van der Waals surface area contributed by atoms with Gasteiger partial charge in [-0.3, -0.25) is 14.6 Å². The smallest absolute Gasteiger partial charge is 0.227 e. The van der Waals surface area contributed by atoms with Gasteiger partial charge in [0.2, 0.25) is 11.8 Å². The van der Waals surface area contributed by atoms with Gasteiger partial charge in [-0.25, -0.2) is 0 Å². The Hall–Kier alpha value is -3.71. The number of benzene rings is 2. The number of pyridine rings is 1. The highest BCUT2D eigenvalue weighted by Crippen LogP contribution is 2.35. The molecule has 3 heterocycles. The molecule has 1 aromatic heterocycles. The van der Waals surface area contributed by atoms with Gasteiger partial charge in [0.25, 0.3) is 0 Å². The molecule has 0 saturated carbocycles. The van der Waals surface area contributed by atoms with Crippen LogP contribution in [-0.4, -0.2) is 48.4 Å². The number of fused-ring (bicyclic) bond motifs is 1. The van der Waals surface area contributed by atoms with Crippen molar-refractivity contribution in [2.45, 2.75) is 50.7 Å². The summed E-state index contributed by atoms with van der Waals surface area (Å²) < 4.78 is 5.74. The fourth-order valence-corrected chi connectivity index (χ4v) is 5.61. The van der Waals surface area contributed by atoms with Crippen LogP contribution in [0.25, 0.3) is 0 Å².